The third kappa shape index (κ3) is 3.35. The molecule has 5 heteroatoms. The third-order valence-corrected chi connectivity index (χ3v) is 1.57. The zero-order valence-corrected chi connectivity index (χ0v) is 7.37. The van der Waals surface area contributed by atoms with Gasteiger partial charge in [-0.1, -0.05) is 0 Å². The van der Waals surface area contributed by atoms with Crippen molar-refractivity contribution in [1.29, 1.82) is 5.26 Å². The summed E-state index contributed by atoms with van der Waals surface area (Å²) in [6.45, 7) is 0.187. The maximum atomic E-state index is 11.8. The van der Waals surface area contributed by atoms with E-state index in [1.807, 2.05) is 6.07 Å². The van der Waals surface area contributed by atoms with Gasteiger partial charge in [0.25, 0.3) is 0 Å². The first-order valence-corrected chi connectivity index (χ1v) is 4.10. The van der Waals surface area contributed by atoms with Gasteiger partial charge in [0.05, 0.1) is 0 Å². The number of nitriles is 1. The third-order valence-electron chi connectivity index (χ3n) is 1.57. The summed E-state index contributed by atoms with van der Waals surface area (Å²) in [5.41, 5.74) is 0.907. The minimum absolute atomic E-state index is 0.187. The molecule has 14 heavy (non-hydrogen) atoms. The van der Waals surface area contributed by atoms with E-state index in [0.29, 0.717) is 5.69 Å². The molecule has 1 heterocycles. The number of hydrogen-bond acceptors (Lipinski definition) is 3. The molecule has 3 nitrogen and oxygen atoms in total. The molecule has 0 bridgehead atoms. The van der Waals surface area contributed by atoms with Crippen LogP contribution in [0.5, 0.6) is 0 Å². The molecule has 0 aliphatic rings. The fourth-order valence-corrected chi connectivity index (χ4v) is 0.927. The molecule has 0 unspecified atom stereocenters. The van der Waals surface area contributed by atoms with Crippen LogP contribution in [-0.4, -0.2) is 18.0 Å². The number of pyridine rings is 1. The van der Waals surface area contributed by atoms with Crippen molar-refractivity contribution in [2.45, 2.75) is 12.8 Å². The van der Waals surface area contributed by atoms with Crippen molar-refractivity contribution in [1.82, 2.24) is 4.98 Å². The van der Waals surface area contributed by atoms with Crippen LogP contribution in [0.2, 0.25) is 0 Å². The van der Waals surface area contributed by atoms with Gasteiger partial charge in [-0.15, -0.1) is 0 Å². The normalized spacial score (nSPS) is 9.86. The largest absolute Gasteiger partial charge is 0.385 e. The number of aromatic nitrogens is 1. The standard InChI is InChI=1S/C9H9F2N3/c10-9(11)2-4-13-7-1-3-14-8(5-7)6-12/h1,3,5,9H,2,4H2,(H,13,14). The fourth-order valence-electron chi connectivity index (χ4n) is 0.927. The molecule has 0 saturated heterocycles. The van der Waals surface area contributed by atoms with Crippen LogP contribution in [0.4, 0.5) is 14.5 Å². The molecule has 0 fully saturated rings. The van der Waals surface area contributed by atoms with E-state index in [1.54, 1.807) is 6.07 Å². The molecule has 0 radical (unpaired) electrons. The number of hydrogen-bond donors (Lipinski definition) is 1. The maximum absolute atomic E-state index is 11.8. The second-order valence-electron chi connectivity index (χ2n) is 2.65. The highest BCUT2D eigenvalue weighted by Crippen LogP contribution is 2.08. The lowest BCUT2D eigenvalue weighted by molar-refractivity contribution is 0.142. The molecule has 0 saturated carbocycles. The summed E-state index contributed by atoms with van der Waals surface area (Å²) < 4.78 is 23.6. The van der Waals surface area contributed by atoms with Gasteiger partial charge in [0.1, 0.15) is 11.8 Å². The summed E-state index contributed by atoms with van der Waals surface area (Å²) >= 11 is 0. The fraction of sp³-hybridized carbons (Fsp3) is 0.333. The van der Waals surface area contributed by atoms with Crippen molar-refractivity contribution in [2.75, 3.05) is 11.9 Å². The molecule has 74 valence electrons. The van der Waals surface area contributed by atoms with E-state index < -0.39 is 6.43 Å². The van der Waals surface area contributed by atoms with Crippen LogP contribution in [0.1, 0.15) is 12.1 Å². The molecule has 0 amide bonds. The number of halogens is 2. The summed E-state index contributed by atoms with van der Waals surface area (Å²) in [5, 5.41) is 11.3. The average Bonchev–Trinajstić information content (AvgIpc) is 2.18. The highest BCUT2D eigenvalue weighted by atomic mass is 19.3. The first-order chi connectivity index (χ1) is 6.72. The van der Waals surface area contributed by atoms with E-state index in [4.69, 9.17) is 5.26 Å². The molecule has 1 N–H and O–H groups in total. The first kappa shape index (κ1) is 10.4. The Bertz CT molecular complexity index is 333. The van der Waals surface area contributed by atoms with E-state index in [2.05, 4.69) is 10.3 Å². The van der Waals surface area contributed by atoms with Crippen molar-refractivity contribution in [3.8, 4) is 6.07 Å². The van der Waals surface area contributed by atoms with E-state index >= 15 is 0 Å². The summed E-state index contributed by atoms with van der Waals surface area (Å²) in [5.74, 6) is 0. The lowest BCUT2D eigenvalue weighted by Gasteiger charge is -2.04. The second kappa shape index (κ2) is 5.12. The molecule has 1 aromatic rings. The summed E-state index contributed by atoms with van der Waals surface area (Å²) in [6.07, 6.45) is -1.05. The number of anilines is 1. The lowest BCUT2D eigenvalue weighted by atomic mass is 10.3. The monoisotopic (exact) mass is 197 g/mol. The van der Waals surface area contributed by atoms with Gasteiger partial charge >= 0.3 is 0 Å². The molecular formula is C9H9F2N3. The van der Waals surface area contributed by atoms with Gasteiger partial charge in [-0.25, -0.2) is 13.8 Å². The van der Waals surface area contributed by atoms with Crippen molar-refractivity contribution < 1.29 is 8.78 Å². The van der Waals surface area contributed by atoms with Crippen LogP contribution in [-0.2, 0) is 0 Å². The van der Waals surface area contributed by atoms with Crippen LogP contribution in [0.15, 0.2) is 18.3 Å². The van der Waals surface area contributed by atoms with E-state index in [9.17, 15) is 8.78 Å². The Kier molecular flexibility index (Phi) is 3.80. The summed E-state index contributed by atoms with van der Waals surface area (Å²) in [7, 11) is 0. The number of alkyl halides is 2. The Hall–Kier alpha value is -1.70. The molecule has 0 aliphatic carbocycles. The van der Waals surface area contributed by atoms with Gasteiger partial charge in [0.15, 0.2) is 0 Å². The summed E-state index contributed by atoms with van der Waals surface area (Å²) in [4.78, 5) is 3.75. The SMILES string of the molecule is N#Cc1cc(NCCC(F)F)ccn1. The van der Waals surface area contributed by atoms with Crippen LogP contribution < -0.4 is 5.32 Å². The van der Waals surface area contributed by atoms with Gasteiger partial charge in [0.2, 0.25) is 6.43 Å². The van der Waals surface area contributed by atoms with Crippen molar-refractivity contribution >= 4 is 5.69 Å². The van der Waals surface area contributed by atoms with Crippen LogP contribution >= 0.6 is 0 Å². The molecule has 0 spiro atoms. The minimum atomic E-state index is -2.31. The van der Waals surface area contributed by atoms with E-state index in [-0.39, 0.29) is 18.7 Å². The molecule has 0 atom stereocenters. The van der Waals surface area contributed by atoms with Crippen LogP contribution in [0.3, 0.4) is 0 Å². The van der Waals surface area contributed by atoms with Gasteiger partial charge < -0.3 is 5.32 Å². The van der Waals surface area contributed by atoms with E-state index in [0.717, 1.165) is 0 Å². The topological polar surface area (TPSA) is 48.7 Å². The average molecular weight is 197 g/mol. The molecule has 0 aliphatic heterocycles. The van der Waals surface area contributed by atoms with Gasteiger partial charge in [-0.05, 0) is 12.1 Å². The quantitative estimate of drug-likeness (QED) is 0.803. The number of rotatable bonds is 4. The van der Waals surface area contributed by atoms with Crippen molar-refractivity contribution in [2.24, 2.45) is 0 Å². The van der Waals surface area contributed by atoms with Crippen molar-refractivity contribution in [3.63, 3.8) is 0 Å². The predicted molar refractivity (Wildman–Crippen MR) is 48.1 cm³/mol. The van der Waals surface area contributed by atoms with Crippen LogP contribution in [0, 0.1) is 11.3 Å². The van der Waals surface area contributed by atoms with Crippen LogP contribution in [0.25, 0.3) is 0 Å². The smallest absolute Gasteiger partial charge is 0.240 e. The maximum Gasteiger partial charge on any atom is 0.240 e. The van der Waals surface area contributed by atoms with Crippen molar-refractivity contribution in [3.05, 3.63) is 24.0 Å². The minimum Gasteiger partial charge on any atom is -0.385 e. The Labute approximate surface area is 80.4 Å². The predicted octanol–water partition coefficient (Wildman–Crippen LogP) is 2.02. The highest BCUT2D eigenvalue weighted by Gasteiger charge is 2.01. The van der Waals surface area contributed by atoms with E-state index in [1.165, 1.54) is 12.3 Å². The second-order valence-corrected chi connectivity index (χ2v) is 2.65. The summed E-state index contributed by atoms with van der Waals surface area (Å²) in [6, 6.07) is 5.02. The Balaban J connectivity index is 2.47. The van der Waals surface area contributed by atoms with Gasteiger partial charge in [-0.3, -0.25) is 0 Å². The molecule has 1 rings (SSSR count). The molecule has 0 aromatic carbocycles. The number of nitrogens with zero attached hydrogens (tertiary/aromatic N) is 2. The molecular weight excluding hydrogens is 188 g/mol. The highest BCUT2D eigenvalue weighted by molar-refractivity contribution is 5.45. The van der Waals surface area contributed by atoms with Gasteiger partial charge in [-0.2, -0.15) is 5.26 Å². The Morgan fingerprint density at radius 3 is 3.00 bits per heavy atom. The Morgan fingerprint density at radius 2 is 2.36 bits per heavy atom. The lowest BCUT2D eigenvalue weighted by Crippen LogP contribution is -2.06. The number of nitrogens with one attached hydrogen (secondary N) is 1. The zero-order valence-electron chi connectivity index (χ0n) is 7.37. The Morgan fingerprint density at radius 1 is 1.57 bits per heavy atom. The molecule has 1 aromatic heterocycles. The zero-order chi connectivity index (χ0) is 10.4. The first-order valence-electron chi connectivity index (χ1n) is 4.10. The van der Waals surface area contributed by atoms with Gasteiger partial charge in [0, 0.05) is 24.8 Å².